The predicted molar refractivity (Wildman–Crippen MR) is 67.0 cm³/mol. The molecule has 0 bridgehead atoms. The summed E-state index contributed by atoms with van der Waals surface area (Å²) in [5.74, 6) is -0.441. The third kappa shape index (κ3) is 2.65. The van der Waals surface area contributed by atoms with Gasteiger partial charge in [-0.15, -0.1) is 0 Å². The van der Waals surface area contributed by atoms with Crippen molar-refractivity contribution in [2.24, 2.45) is 7.05 Å². The Bertz CT molecular complexity index is 566. The van der Waals surface area contributed by atoms with Gasteiger partial charge in [0.1, 0.15) is 5.75 Å². The summed E-state index contributed by atoms with van der Waals surface area (Å²) >= 11 is 3.21. The van der Waals surface area contributed by atoms with Gasteiger partial charge in [-0.1, -0.05) is 15.9 Å². The molecule has 1 aromatic carbocycles. The van der Waals surface area contributed by atoms with Gasteiger partial charge in [0.05, 0.1) is 17.4 Å². The lowest BCUT2D eigenvalue weighted by molar-refractivity contribution is 0.102. The average molecular weight is 296 g/mol. The van der Waals surface area contributed by atoms with Crippen LogP contribution in [-0.4, -0.2) is 20.8 Å². The van der Waals surface area contributed by atoms with Gasteiger partial charge in [0.15, 0.2) is 0 Å². The van der Waals surface area contributed by atoms with Gasteiger partial charge >= 0.3 is 0 Å². The van der Waals surface area contributed by atoms with Crippen molar-refractivity contribution in [2.75, 3.05) is 5.32 Å². The highest BCUT2D eigenvalue weighted by atomic mass is 79.9. The molecule has 6 heteroatoms. The highest BCUT2D eigenvalue weighted by Gasteiger charge is 2.12. The van der Waals surface area contributed by atoms with E-state index in [0.29, 0.717) is 10.2 Å². The molecule has 88 valence electrons. The van der Waals surface area contributed by atoms with E-state index in [1.807, 2.05) is 0 Å². The van der Waals surface area contributed by atoms with Crippen LogP contribution in [0.15, 0.2) is 35.1 Å². The van der Waals surface area contributed by atoms with Crippen LogP contribution in [0.4, 0.5) is 5.69 Å². The second-order valence-electron chi connectivity index (χ2n) is 3.52. The average Bonchev–Trinajstić information content (AvgIpc) is 2.63. The van der Waals surface area contributed by atoms with Gasteiger partial charge in [-0.05, 0) is 18.2 Å². The van der Waals surface area contributed by atoms with Crippen molar-refractivity contribution in [3.8, 4) is 5.75 Å². The Balaban J connectivity index is 2.20. The Labute approximate surface area is 106 Å². The minimum atomic E-state index is -0.372. The fourth-order valence-electron chi connectivity index (χ4n) is 1.38. The van der Waals surface area contributed by atoms with Crippen molar-refractivity contribution in [1.82, 2.24) is 9.78 Å². The van der Waals surface area contributed by atoms with Gasteiger partial charge in [0.2, 0.25) is 0 Å². The fourth-order valence-corrected chi connectivity index (χ4v) is 1.73. The number of anilines is 1. The Kier molecular flexibility index (Phi) is 3.14. The SMILES string of the molecule is Cn1cc(NC(=O)c2ccc(Br)cc2O)cn1. The van der Waals surface area contributed by atoms with Crippen molar-refractivity contribution in [3.63, 3.8) is 0 Å². The number of phenols is 1. The first-order valence-electron chi connectivity index (χ1n) is 4.85. The molecule has 1 heterocycles. The number of carbonyl (C=O) groups excluding carboxylic acids is 1. The summed E-state index contributed by atoms with van der Waals surface area (Å²) in [7, 11) is 1.76. The number of aryl methyl sites for hydroxylation is 1. The van der Waals surface area contributed by atoms with Crippen molar-refractivity contribution in [3.05, 3.63) is 40.6 Å². The van der Waals surface area contributed by atoms with Crippen LogP contribution in [0, 0.1) is 0 Å². The quantitative estimate of drug-likeness (QED) is 0.892. The largest absolute Gasteiger partial charge is 0.507 e. The van der Waals surface area contributed by atoms with Crippen LogP contribution in [0.1, 0.15) is 10.4 Å². The number of rotatable bonds is 2. The Hall–Kier alpha value is -1.82. The summed E-state index contributed by atoms with van der Waals surface area (Å²) in [6.07, 6.45) is 3.21. The molecule has 0 aliphatic rings. The van der Waals surface area contributed by atoms with Gasteiger partial charge in [0.25, 0.3) is 5.91 Å². The number of amides is 1. The maximum atomic E-state index is 11.8. The molecule has 2 rings (SSSR count). The number of hydrogen-bond donors (Lipinski definition) is 2. The molecule has 1 aromatic heterocycles. The van der Waals surface area contributed by atoms with E-state index in [-0.39, 0.29) is 17.2 Å². The molecule has 5 nitrogen and oxygen atoms in total. The van der Waals surface area contributed by atoms with Crippen molar-refractivity contribution in [1.29, 1.82) is 0 Å². The van der Waals surface area contributed by atoms with E-state index in [1.165, 1.54) is 12.3 Å². The number of nitrogens with one attached hydrogen (secondary N) is 1. The molecule has 2 N–H and O–H groups in total. The van der Waals surface area contributed by atoms with E-state index in [2.05, 4.69) is 26.3 Å². The molecule has 2 aromatic rings. The molecule has 0 unspecified atom stereocenters. The molecule has 0 saturated heterocycles. The lowest BCUT2D eigenvalue weighted by atomic mass is 10.2. The minimum Gasteiger partial charge on any atom is -0.507 e. The fraction of sp³-hybridized carbons (Fsp3) is 0.0909. The maximum absolute atomic E-state index is 11.8. The number of aromatic hydroxyl groups is 1. The zero-order chi connectivity index (χ0) is 12.4. The van der Waals surface area contributed by atoms with Gasteiger partial charge in [-0.25, -0.2) is 0 Å². The van der Waals surface area contributed by atoms with Gasteiger partial charge in [-0.3, -0.25) is 9.48 Å². The Morgan fingerprint density at radius 1 is 1.53 bits per heavy atom. The number of halogens is 1. The summed E-state index contributed by atoms with van der Waals surface area (Å²) < 4.78 is 2.30. The first-order chi connectivity index (χ1) is 8.06. The van der Waals surface area contributed by atoms with Crippen molar-refractivity contribution in [2.45, 2.75) is 0 Å². The number of phenolic OH excluding ortho intramolecular Hbond substituents is 1. The number of nitrogens with zero attached hydrogens (tertiary/aromatic N) is 2. The van der Waals surface area contributed by atoms with Crippen LogP contribution in [0.3, 0.4) is 0 Å². The third-order valence-electron chi connectivity index (χ3n) is 2.17. The lowest BCUT2D eigenvalue weighted by Crippen LogP contribution is -2.11. The first-order valence-corrected chi connectivity index (χ1v) is 5.64. The molecule has 17 heavy (non-hydrogen) atoms. The van der Waals surface area contributed by atoms with Crippen LogP contribution in [0.25, 0.3) is 0 Å². The van der Waals surface area contributed by atoms with E-state index in [9.17, 15) is 9.90 Å². The number of hydrogen-bond acceptors (Lipinski definition) is 3. The normalized spacial score (nSPS) is 10.2. The summed E-state index contributed by atoms with van der Waals surface area (Å²) in [5.41, 5.74) is 0.803. The van der Waals surface area contributed by atoms with E-state index in [4.69, 9.17) is 0 Å². The lowest BCUT2D eigenvalue weighted by Gasteiger charge is -2.04. The molecule has 0 spiro atoms. The van der Waals surface area contributed by atoms with Crippen molar-refractivity contribution >= 4 is 27.5 Å². The molecule has 0 atom stereocenters. The van der Waals surface area contributed by atoms with Crippen molar-refractivity contribution < 1.29 is 9.90 Å². The van der Waals surface area contributed by atoms with Crippen LogP contribution >= 0.6 is 15.9 Å². The predicted octanol–water partition coefficient (Wildman–Crippen LogP) is 2.14. The summed E-state index contributed by atoms with van der Waals surface area (Å²) in [6.45, 7) is 0. The van der Waals surface area contributed by atoms with Crippen LogP contribution in [0.2, 0.25) is 0 Å². The van der Waals surface area contributed by atoms with E-state index < -0.39 is 0 Å². The third-order valence-corrected chi connectivity index (χ3v) is 2.66. The summed E-state index contributed by atoms with van der Waals surface area (Å²) in [4.78, 5) is 11.8. The zero-order valence-corrected chi connectivity index (χ0v) is 10.6. The minimum absolute atomic E-state index is 0.0687. The van der Waals surface area contributed by atoms with Crippen LogP contribution in [0.5, 0.6) is 5.75 Å². The maximum Gasteiger partial charge on any atom is 0.259 e. The summed E-state index contributed by atoms with van der Waals surface area (Å²) in [6, 6.07) is 4.71. The zero-order valence-electron chi connectivity index (χ0n) is 9.01. The van der Waals surface area contributed by atoms with E-state index >= 15 is 0 Å². The van der Waals surface area contributed by atoms with Crippen LogP contribution in [-0.2, 0) is 7.05 Å². The first kappa shape index (κ1) is 11.7. The molecule has 0 aliphatic heterocycles. The second-order valence-corrected chi connectivity index (χ2v) is 4.43. The number of carbonyl (C=O) groups is 1. The smallest absolute Gasteiger partial charge is 0.259 e. The van der Waals surface area contributed by atoms with Gasteiger partial charge < -0.3 is 10.4 Å². The van der Waals surface area contributed by atoms with Gasteiger partial charge in [-0.2, -0.15) is 5.10 Å². The highest BCUT2D eigenvalue weighted by Crippen LogP contribution is 2.23. The standard InChI is InChI=1S/C11H10BrN3O2/c1-15-6-8(5-13-15)14-11(17)9-3-2-7(12)4-10(9)16/h2-6,16H,1H3,(H,14,17). The molecule has 0 radical (unpaired) electrons. The molecule has 0 saturated carbocycles. The molecule has 1 amide bonds. The Morgan fingerprint density at radius 2 is 2.29 bits per heavy atom. The molecule has 0 fully saturated rings. The molecular weight excluding hydrogens is 286 g/mol. The summed E-state index contributed by atoms with van der Waals surface area (Å²) in [5, 5.41) is 16.2. The molecule has 0 aliphatic carbocycles. The van der Waals surface area contributed by atoms with E-state index in [1.54, 1.807) is 30.1 Å². The Morgan fingerprint density at radius 3 is 2.88 bits per heavy atom. The second kappa shape index (κ2) is 4.58. The number of aromatic nitrogens is 2. The monoisotopic (exact) mass is 295 g/mol. The van der Waals surface area contributed by atoms with E-state index in [0.717, 1.165) is 0 Å². The topological polar surface area (TPSA) is 67.2 Å². The number of benzene rings is 1. The molecular formula is C11H10BrN3O2. The highest BCUT2D eigenvalue weighted by molar-refractivity contribution is 9.10. The van der Waals surface area contributed by atoms with Crippen LogP contribution < -0.4 is 5.32 Å². The van der Waals surface area contributed by atoms with Gasteiger partial charge in [0, 0.05) is 17.7 Å².